The maximum absolute atomic E-state index is 10.7. The van der Waals surface area contributed by atoms with Crippen LogP contribution in [0.2, 0.25) is 0 Å². The molecular formula is C18H20F12N2P2. The first kappa shape index (κ1) is 29.8. The van der Waals surface area contributed by atoms with Crippen molar-refractivity contribution >= 4 is 27.0 Å². The van der Waals surface area contributed by atoms with E-state index in [1.54, 1.807) is 0 Å². The van der Waals surface area contributed by atoms with E-state index < -0.39 is 15.6 Å². The molecule has 34 heavy (non-hydrogen) atoms. The van der Waals surface area contributed by atoms with Crippen molar-refractivity contribution in [1.29, 1.82) is 0 Å². The third kappa shape index (κ3) is 19.3. The Hall–Kier alpha value is -2.20. The molecule has 2 nitrogen and oxygen atoms in total. The molecule has 0 amide bonds. The van der Waals surface area contributed by atoms with Crippen LogP contribution in [0.15, 0.2) is 73.8 Å². The predicted octanol–water partition coefficient (Wildman–Crippen LogP) is 9.84. The number of allylic oxidation sites excluding steroid dienone is 3. The van der Waals surface area contributed by atoms with Gasteiger partial charge in [0.2, 0.25) is 0 Å². The minimum atomic E-state index is -10.7. The number of pyridine rings is 2. The van der Waals surface area contributed by atoms with Gasteiger partial charge in [-0.15, -0.1) is 0 Å². The molecule has 1 atom stereocenters. The molecule has 1 unspecified atom stereocenters. The standard InChI is InChI=1S/C18H20N2.2F6P/c1-16(19-11-4-2-5-12-19)17-9-8-10-18(15-17)20-13-6-3-7-14-20;2*1-7(2,3,4,5)6/h2-7,10-14,17H,1,8-9,15H2;;/q+2;2*-1. The molecular weight excluding hydrogens is 534 g/mol. The number of halogens is 12. The van der Waals surface area contributed by atoms with Gasteiger partial charge in [0, 0.05) is 30.7 Å². The van der Waals surface area contributed by atoms with Gasteiger partial charge in [0.15, 0.2) is 36.2 Å². The summed E-state index contributed by atoms with van der Waals surface area (Å²) in [4.78, 5) is 0. The second kappa shape index (κ2) is 8.48. The Labute approximate surface area is 186 Å². The second-order valence-corrected chi connectivity index (χ2v) is 11.0. The van der Waals surface area contributed by atoms with E-state index in [9.17, 15) is 50.4 Å². The molecule has 0 N–H and O–H groups in total. The van der Waals surface area contributed by atoms with Crippen LogP contribution in [0.1, 0.15) is 19.3 Å². The van der Waals surface area contributed by atoms with Gasteiger partial charge in [-0.1, -0.05) is 12.1 Å². The molecule has 2 heterocycles. The van der Waals surface area contributed by atoms with Crippen molar-refractivity contribution < 1.29 is 59.5 Å². The molecule has 2 aromatic rings. The average Bonchev–Trinajstić information content (AvgIpc) is 2.64. The third-order valence-electron chi connectivity index (χ3n) is 3.92. The molecule has 0 fully saturated rings. The van der Waals surface area contributed by atoms with Crippen LogP contribution in [0, 0.1) is 5.92 Å². The molecule has 0 aliphatic heterocycles. The Morgan fingerprint density at radius 3 is 1.47 bits per heavy atom. The summed E-state index contributed by atoms with van der Waals surface area (Å²) in [6, 6.07) is 12.3. The van der Waals surface area contributed by atoms with Gasteiger partial charge in [-0.2, -0.15) is 9.13 Å². The van der Waals surface area contributed by atoms with Gasteiger partial charge in [0.1, 0.15) is 0 Å². The van der Waals surface area contributed by atoms with Crippen molar-refractivity contribution in [3.05, 3.63) is 73.8 Å². The van der Waals surface area contributed by atoms with E-state index in [-0.39, 0.29) is 0 Å². The van der Waals surface area contributed by atoms with Crippen LogP contribution < -0.4 is 9.13 Å². The van der Waals surface area contributed by atoms with Crippen LogP contribution in [0.3, 0.4) is 0 Å². The van der Waals surface area contributed by atoms with Crippen molar-refractivity contribution in [3.63, 3.8) is 0 Å². The van der Waals surface area contributed by atoms with Crippen LogP contribution in [0.25, 0.3) is 11.4 Å². The zero-order valence-corrected chi connectivity index (χ0v) is 18.9. The molecule has 0 saturated heterocycles. The van der Waals surface area contributed by atoms with E-state index in [1.807, 2.05) is 6.07 Å². The Morgan fingerprint density at radius 2 is 1.06 bits per heavy atom. The second-order valence-electron chi connectivity index (χ2n) is 7.15. The zero-order chi connectivity index (χ0) is 26.6. The fourth-order valence-corrected chi connectivity index (χ4v) is 2.78. The Kier molecular flexibility index (Phi) is 7.44. The van der Waals surface area contributed by atoms with Gasteiger partial charge in [-0.3, -0.25) is 0 Å². The first-order chi connectivity index (χ1) is 14.7. The molecule has 16 heteroatoms. The van der Waals surface area contributed by atoms with Crippen LogP contribution in [0.4, 0.5) is 50.4 Å². The molecule has 0 aromatic carbocycles. The minimum absolute atomic E-state index is 0.509. The summed E-state index contributed by atoms with van der Waals surface area (Å²) in [5, 5.41) is 0. The molecule has 1 aliphatic carbocycles. The van der Waals surface area contributed by atoms with Gasteiger partial charge in [0.05, 0.1) is 5.92 Å². The first-order valence-electron chi connectivity index (χ1n) is 9.18. The number of aromatic nitrogens is 2. The van der Waals surface area contributed by atoms with Crippen molar-refractivity contribution in [3.8, 4) is 0 Å². The van der Waals surface area contributed by atoms with Crippen molar-refractivity contribution in [2.45, 2.75) is 19.3 Å². The summed E-state index contributed by atoms with van der Waals surface area (Å²) in [7, 11) is -21.3. The number of nitrogens with zero attached hydrogens (tertiary/aromatic N) is 2. The molecule has 1 aliphatic rings. The maximum atomic E-state index is 9.87. The van der Waals surface area contributed by atoms with Gasteiger partial charge in [-0.05, 0) is 25.5 Å². The summed E-state index contributed by atoms with van der Waals surface area (Å²) in [5.41, 5.74) is 2.56. The van der Waals surface area contributed by atoms with E-state index in [1.165, 1.54) is 17.8 Å². The molecule has 2 aromatic heterocycles. The van der Waals surface area contributed by atoms with Crippen molar-refractivity contribution in [2.75, 3.05) is 0 Å². The topological polar surface area (TPSA) is 7.76 Å². The molecule has 0 radical (unpaired) electrons. The summed E-state index contributed by atoms with van der Waals surface area (Å²) in [6.45, 7) is 4.30. The van der Waals surface area contributed by atoms with E-state index in [2.05, 4.69) is 76.9 Å². The molecule has 3 rings (SSSR count). The third-order valence-corrected chi connectivity index (χ3v) is 3.92. The van der Waals surface area contributed by atoms with Crippen LogP contribution >= 0.6 is 15.6 Å². The molecule has 0 saturated carbocycles. The van der Waals surface area contributed by atoms with Gasteiger partial charge in [0.25, 0.3) is 0 Å². The fourth-order valence-electron chi connectivity index (χ4n) is 2.78. The van der Waals surface area contributed by atoms with E-state index in [0.717, 1.165) is 12.8 Å². The summed E-state index contributed by atoms with van der Waals surface area (Å²) >= 11 is 0. The first-order valence-corrected chi connectivity index (χ1v) is 13.2. The summed E-state index contributed by atoms with van der Waals surface area (Å²) in [5.74, 6) is 0.509. The molecule has 196 valence electrons. The normalized spacial score (nSPS) is 20.4. The summed E-state index contributed by atoms with van der Waals surface area (Å²) in [6.07, 6.45) is 14.1. The van der Waals surface area contributed by atoms with Gasteiger partial charge in [-0.25, -0.2) is 0 Å². The Bertz CT molecular complexity index is 965. The van der Waals surface area contributed by atoms with Crippen LogP contribution in [-0.4, -0.2) is 0 Å². The quantitative estimate of drug-likeness (QED) is 0.203. The van der Waals surface area contributed by atoms with E-state index >= 15 is 0 Å². The fraction of sp³-hybridized carbons (Fsp3) is 0.222. The Balaban J connectivity index is 0.000000343. The zero-order valence-electron chi connectivity index (χ0n) is 17.1. The predicted molar refractivity (Wildman–Crippen MR) is 107 cm³/mol. The molecule has 0 spiro atoms. The number of hydrogen-bond acceptors (Lipinski definition) is 0. The molecule has 0 bridgehead atoms. The van der Waals surface area contributed by atoms with E-state index in [0.29, 0.717) is 5.92 Å². The van der Waals surface area contributed by atoms with Gasteiger partial charge < -0.3 is 0 Å². The summed E-state index contributed by atoms with van der Waals surface area (Å²) < 4.78 is 123. The SMILES string of the molecule is C=C(C1CCC=C([n+]2ccccc2)C1)[n+]1ccccc1.F[P-](F)(F)(F)(F)F.F[P-](F)(F)(F)(F)F. The average molecular weight is 554 g/mol. The van der Waals surface area contributed by atoms with Crippen LogP contribution in [0.5, 0.6) is 0 Å². The number of hydrogen-bond donors (Lipinski definition) is 0. The van der Waals surface area contributed by atoms with Crippen molar-refractivity contribution in [1.82, 2.24) is 0 Å². The van der Waals surface area contributed by atoms with Gasteiger partial charge >= 0.3 is 66.0 Å². The van der Waals surface area contributed by atoms with Crippen LogP contribution in [-0.2, 0) is 0 Å². The monoisotopic (exact) mass is 554 g/mol. The van der Waals surface area contributed by atoms with Crippen molar-refractivity contribution in [2.24, 2.45) is 5.92 Å². The van der Waals surface area contributed by atoms with E-state index in [4.69, 9.17) is 0 Å². The number of rotatable bonds is 3. The Morgan fingerprint density at radius 1 is 0.676 bits per heavy atom.